The Bertz CT molecular complexity index is 524. The lowest BCUT2D eigenvalue weighted by Gasteiger charge is -2.18. The molecule has 0 fully saturated rings. The molecule has 1 aromatic rings. The minimum atomic E-state index is -0.515. The minimum Gasteiger partial charge on any atom is -0.382 e. The molecule has 20 heavy (non-hydrogen) atoms. The Labute approximate surface area is 126 Å². The van der Waals surface area contributed by atoms with Gasteiger partial charge in [-0.3, -0.25) is 4.79 Å². The Morgan fingerprint density at radius 1 is 1.45 bits per heavy atom. The molecule has 0 heterocycles. The average molecular weight is 342 g/mol. The van der Waals surface area contributed by atoms with Crippen molar-refractivity contribution in [2.75, 3.05) is 25.0 Å². The van der Waals surface area contributed by atoms with Crippen LogP contribution in [-0.4, -0.2) is 30.4 Å². The SMILES string of the molecule is CCN(CC)C(=O)CCNc1ccc(C#N)c(Br)c1F. The van der Waals surface area contributed by atoms with E-state index in [-0.39, 0.29) is 21.6 Å². The van der Waals surface area contributed by atoms with Gasteiger partial charge in [0.15, 0.2) is 5.82 Å². The summed E-state index contributed by atoms with van der Waals surface area (Å²) in [5, 5.41) is 11.7. The second kappa shape index (κ2) is 7.85. The van der Waals surface area contributed by atoms with Crippen LogP contribution in [0.3, 0.4) is 0 Å². The van der Waals surface area contributed by atoms with Crippen LogP contribution in [0.1, 0.15) is 25.8 Å². The number of nitrogens with zero attached hydrogens (tertiary/aromatic N) is 2. The lowest BCUT2D eigenvalue weighted by atomic mass is 10.2. The largest absolute Gasteiger partial charge is 0.382 e. The summed E-state index contributed by atoms with van der Waals surface area (Å²) in [6.45, 7) is 5.54. The van der Waals surface area contributed by atoms with Crippen molar-refractivity contribution >= 4 is 27.5 Å². The Kier molecular flexibility index (Phi) is 6.46. The first kappa shape index (κ1) is 16.4. The van der Waals surface area contributed by atoms with Gasteiger partial charge in [0.1, 0.15) is 6.07 Å². The fraction of sp³-hybridized carbons (Fsp3) is 0.429. The van der Waals surface area contributed by atoms with Crippen molar-refractivity contribution in [2.45, 2.75) is 20.3 Å². The van der Waals surface area contributed by atoms with E-state index in [0.29, 0.717) is 26.1 Å². The molecule has 108 valence electrons. The molecular weight excluding hydrogens is 325 g/mol. The van der Waals surface area contributed by atoms with Crippen molar-refractivity contribution in [3.05, 3.63) is 28.0 Å². The van der Waals surface area contributed by atoms with E-state index in [0.717, 1.165) is 0 Å². The monoisotopic (exact) mass is 341 g/mol. The molecule has 0 saturated heterocycles. The normalized spacial score (nSPS) is 9.95. The molecule has 1 amide bonds. The lowest BCUT2D eigenvalue weighted by Crippen LogP contribution is -2.31. The van der Waals surface area contributed by atoms with Gasteiger partial charge in [-0.05, 0) is 41.9 Å². The van der Waals surface area contributed by atoms with Gasteiger partial charge in [-0.1, -0.05) is 0 Å². The first-order valence-corrected chi connectivity index (χ1v) is 7.24. The van der Waals surface area contributed by atoms with E-state index in [4.69, 9.17) is 5.26 Å². The number of rotatable bonds is 6. The molecule has 1 rings (SSSR count). The fourth-order valence-electron chi connectivity index (χ4n) is 1.81. The summed E-state index contributed by atoms with van der Waals surface area (Å²) in [6.07, 6.45) is 0.304. The van der Waals surface area contributed by atoms with Gasteiger partial charge in [0.2, 0.25) is 5.91 Å². The smallest absolute Gasteiger partial charge is 0.224 e. The maximum atomic E-state index is 13.9. The number of amides is 1. The number of nitriles is 1. The van der Waals surface area contributed by atoms with E-state index in [9.17, 15) is 9.18 Å². The van der Waals surface area contributed by atoms with E-state index in [1.807, 2.05) is 19.9 Å². The van der Waals surface area contributed by atoms with Crippen molar-refractivity contribution in [3.8, 4) is 6.07 Å². The van der Waals surface area contributed by atoms with E-state index >= 15 is 0 Å². The van der Waals surface area contributed by atoms with Crippen LogP contribution in [0.25, 0.3) is 0 Å². The minimum absolute atomic E-state index is 0.0376. The number of hydrogen-bond donors (Lipinski definition) is 1. The number of benzene rings is 1. The molecule has 0 aliphatic rings. The molecule has 6 heteroatoms. The van der Waals surface area contributed by atoms with Crippen LogP contribution in [-0.2, 0) is 4.79 Å². The first-order chi connectivity index (χ1) is 9.54. The summed E-state index contributed by atoms with van der Waals surface area (Å²) in [4.78, 5) is 13.5. The van der Waals surface area contributed by atoms with Gasteiger partial charge < -0.3 is 10.2 Å². The standard InChI is InChI=1S/C14H17BrFN3O/c1-3-19(4-2)12(20)7-8-18-11-6-5-10(9-17)13(15)14(11)16/h5-6,18H,3-4,7-8H2,1-2H3. The van der Waals surface area contributed by atoms with Crippen LogP contribution in [0.4, 0.5) is 10.1 Å². The van der Waals surface area contributed by atoms with Gasteiger partial charge in [0.05, 0.1) is 15.7 Å². The van der Waals surface area contributed by atoms with Gasteiger partial charge in [0, 0.05) is 26.1 Å². The molecule has 4 nitrogen and oxygen atoms in total. The highest BCUT2D eigenvalue weighted by Crippen LogP contribution is 2.26. The average Bonchev–Trinajstić information content (AvgIpc) is 2.45. The van der Waals surface area contributed by atoms with E-state index in [1.165, 1.54) is 12.1 Å². The van der Waals surface area contributed by atoms with Gasteiger partial charge >= 0.3 is 0 Å². The molecule has 0 radical (unpaired) electrons. The van der Waals surface area contributed by atoms with Crippen molar-refractivity contribution < 1.29 is 9.18 Å². The molecule has 0 atom stereocenters. The summed E-state index contributed by atoms with van der Waals surface area (Å²) in [5.41, 5.74) is 0.524. The summed E-state index contributed by atoms with van der Waals surface area (Å²) in [6, 6.07) is 4.92. The van der Waals surface area contributed by atoms with Crippen molar-refractivity contribution in [2.24, 2.45) is 0 Å². The van der Waals surface area contributed by atoms with E-state index in [1.54, 1.807) is 4.90 Å². The topological polar surface area (TPSA) is 56.1 Å². The fourth-order valence-corrected chi connectivity index (χ4v) is 2.25. The van der Waals surface area contributed by atoms with E-state index in [2.05, 4.69) is 21.2 Å². The second-order valence-electron chi connectivity index (χ2n) is 4.14. The van der Waals surface area contributed by atoms with Crippen LogP contribution in [0, 0.1) is 17.1 Å². The third-order valence-electron chi connectivity index (χ3n) is 2.97. The number of carbonyl (C=O) groups is 1. The molecule has 0 unspecified atom stereocenters. The van der Waals surface area contributed by atoms with Crippen LogP contribution < -0.4 is 5.32 Å². The molecule has 0 saturated carbocycles. The van der Waals surface area contributed by atoms with Crippen LogP contribution in [0.15, 0.2) is 16.6 Å². The van der Waals surface area contributed by atoms with Gasteiger partial charge in [-0.2, -0.15) is 5.26 Å². The highest BCUT2D eigenvalue weighted by Gasteiger charge is 2.12. The molecule has 0 aliphatic heterocycles. The Balaban J connectivity index is 2.62. The third kappa shape index (κ3) is 3.94. The number of halogens is 2. The predicted octanol–water partition coefficient (Wildman–Crippen LogP) is 3.13. The van der Waals surface area contributed by atoms with Crippen molar-refractivity contribution in [1.29, 1.82) is 5.26 Å². The molecular formula is C14H17BrFN3O. The first-order valence-electron chi connectivity index (χ1n) is 6.44. The number of anilines is 1. The molecule has 0 spiro atoms. The molecule has 1 aromatic carbocycles. The Hall–Kier alpha value is -1.61. The molecule has 0 bridgehead atoms. The zero-order valence-electron chi connectivity index (χ0n) is 11.5. The summed E-state index contributed by atoms with van der Waals surface area (Å²) in [5.74, 6) is -0.477. The van der Waals surface area contributed by atoms with Crippen LogP contribution >= 0.6 is 15.9 Å². The van der Waals surface area contributed by atoms with Gasteiger partial charge in [-0.15, -0.1) is 0 Å². The molecule has 0 aliphatic carbocycles. The second-order valence-corrected chi connectivity index (χ2v) is 4.94. The number of hydrogen-bond acceptors (Lipinski definition) is 3. The van der Waals surface area contributed by atoms with Crippen LogP contribution in [0.2, 0.25) is 0 Å². The Morgan fingerprint density at radius 3 is 2.65 bits per heavy atom. The molecule has 1 N–H and O–H groups in total. The third-order valence-corrected chi connectivity index (χ3v) is 3.75. The van der Waals surface area contributed by atoms with Gasteiger partial charge in [0.25, 0.3) is 0 Å². The zero-order valence-corrected chi connectivity index (χ0v) is 13.1. The highest BCUT2D eigenvalue weighted by atomic mass is 79.9. The Morgan fingerprint density at radius 2 is 2.10 bits per heavy atom. The summed E-state index contributed by atoms with van der Waals surface area (Å²) >= 11 is 3.05. The van der Waals surface area contributed by atoms with Crippen LogP contribution in [0.5, 0.6) is 0 Å². The lowest BCUT2D eigenvalue weighted by molar-refractivity contribution is -0.130. The zero-order chi connectivity index (χ0) is 15.1. The number of carbonyl (C=O) groups excluding carboxylic acids is 1. The quantitative estimate of drug-likeness (QED) is 0.864. The van der Waals surface area contributed by atoms with Gasteiger partial charge in [-0.25, -0.2) is 4.39 Å². The highest BCUT2D eigenvalue weighted by molar-refractivity contribution is 9.10. The molecule has 0 aromatic heterocycles. The summed E-state index contributed by atoms with van der Waals surface area (Å²) in [7, 11) is 0. The maximum Gasteiger partial charge on any atom is 0.224 e. The number of nitrogens with one attached hydrogen (secondary N) is 1. The predicted molar refractivity (Wildman–Crippen MR) is 79.8 cm³/mol. The van der Waals surface area contributed by atoms with Crippen molar-refractivity contribution in [3.63, 3.8) is 0 Å². The van der Waals surface area contributed by atoms with Crippen molar-refractivity contribution in [1.82, 2.24) is 4.90 Å². The van der Waals surface area contributed by atoms with E-state index < -0.39 is 5.82 Å². The summed E-state index contributed by atoms with van der Waals surface area (Å²) < 4.78 is 14.0. The maximum absolute atomic E-state index is 13.9.